The number of non-ortho nitro benzene ring substituents is 2. The number of rotatable bonds is 13. The number of carbonyl (C=O) groups excluding carboxylic acids is 3. The largest absolute Gasteiger partial charge is 0.508 e. The molecule has 0 aliphatic carbocycles. The number of phenolic OH excluding ortho intramolecular Hbond substituents is 1. The van der Waals surface area contributed by atoms with Crippen molar-refractivity contribution in [2.24, 2.45) is 0 Å². The molecular formula is C24H32N2O17. The standard InChI is InChI=1S/C12H13NO7.C6H5NO3.C6H10O5.2H2O/c1-2-18-7-11(14)19-8-12(15)20-10-5-3-9(4-6-10)13(16)17;8-6-3-1-5(2-4-6)7(9)10;1-2-10-4-6(9)11-3-5(7)8;;/h3-6H,2,7-8H2,1H3;1-4,8H;2-4H2,1H3,(H,7,8);2*1H2. The number of hydrogen-bond acceptors (Lipinski definition) is 14. The lowest BCUT2D eigenvalue weighted by Crippen LogP contribution is -2.21. The molecule has 0 heterocycles. The first kappa shape index (κ1) is 42.2. The molecule has 0 amide bonds. The molecule has 0 aromatic heterocycles. The van der Waals surface area contributed by atoms with E-state index in [9.17, 15) is 39.4 Å². The molecule has 0 saturated carbocycles. The van der Waals surface area contributed by atoms with Crippen molar-refractivity contribution in [3.8, 4) is 11.5 Å². The van der Waals surface area contributed by atoms with Gasteiger partial charge in [0.2, 0.25) is 0 Å². The lowest BCUT2D eigenvalue weighted by Gasteiger charge is -2.05. The van der Waals surface area contributed by atoms with Gasteiger partial charge in [-0.3, -0.25) is 20.2 Å². The van der Waals surface area contributed by atoms with E-state index < -0.39 is 46.9 Å². The van der Waals surface area contributed by atoms with Crippen LogP contribution in [0.25, 0.3) is 0 Å². The molecule has 2 rings (SSSR count). The second-order valence-corrected chi connectivity index (χ2v) is 6.99. The molecule has 0 unspecified atom stereocenters. The van der Waals surface area contributed by atoms with E-state index in [1.165, 1.54) is 48.5 Å². The average molecular weight is 621 g/mol. The van der Waals surface area contributed by atoms with E-state index in [0.717, 1.165) is 0 Å². The second-order valence-electron chi connectivity index (χ2n) is 6.99. The van der Waals surface area contributed by atoms with Crippen LogP contribution in [0.2, 0.25) is 0 Å². The maximum Gasteiger partial charge on any atom is 0.349 e. The van der Waals surface area contributed by atoms with Gasteiger partial charge in [-0.15, -0.1) is 0 Å². The Morgan fingerprint density at radius 3 is 1.44 bits per heavy atom. The molecule has 0 radical (unpaired) electrons. The van der Waals surface area contributed by atoms with Crippen molar-refractivity contribution >= 4 is 35.3 Å². The summed E-state index contributed by atoms with van der Waals surface area (Å²) in [6, 6.07) is 9.99. The number of carboxylic acid groups (broad SMARTS) is 1. The second kappa shape index (κ2) is 24.5. The third-order valence-electron chi connectivity index (χ3n) is 3.90. The minimum atomic E-state index is -1.17. The Bertz CT molecular complexity index is 1140. The highest BCUT2D eigenvalue weighted by Crippen LogP contribution is 2.17. The number of aliphatic carboxylic acids is 1. The van der Waals surface area contributed by atoms with Crippen molar-refractivity contribution in [1.29, 1.82) is 0 Å². The minimum Gasteiger partial charge on any atom is -0.508 e. The maximum atomic E-state index is 11.3. The van der Waals surface area contributed by atoms with Gasteiger partial charge >= 0.3 is 23.9 Å². The van der Waals surface area contributed by atoms with E-state index in [4.69, 9.17) is 19.7 Å². The minimum absolute atomic E-state index is 0. The van der Waals surface area contributed by atoms with Gasteiger partial charge in [0, 0.05) is 37.5 Å². The van der Waals surface area contributed by atoms with Crippen LogP contribution in [0.1, 0.15) is 13.8 Å². The Morgan fingerprint density at radius 2 is 1.07 bits per heavy atom. The topological polar surface area (TPSA) is 304 Å². The van der Waals surface area contributed by atoms with Gasteiger partial charge in [-0.05, 0) is 38.1 Å². The van der Waals surface area contributed by atoms with E-state index >= 15 is 0 Å². The normalized spacial score (nSPS) is 9.07. The Balaban J connectivity index is -0.000000594. The van der Waals surface area contributed by atoms with Crippen molar-refractivity contribution in [1.82, 2.24) is 0 Å². The number of carboxylic acids is 1. The highest BCUT2D eigenvalue weighted by molar-refractivity contribution is 5.78. The lowest BCUT2D eigenvalue weighted by molar-refractivity contribution is -0.385. The summed E-state index contributed by atoms with van der Waals surface area (Å²) in [6.07, 6.45) is 0. The molecule has 0 saturated heterocycles. The zero-order chi connectivity index (χ0) is 31.2. The Morgan fingerprint density at radius 1 is 0.674 bits per heavy atom. The Kier molecular flexibility index (Phi) is 24.1. The number of phenols is 1. The summed E-state index contributed by atoms with van der Waals surface area (Å²) in [4.78, 5) is 62.1. The third-order valence-corrected chi connectivity index (χ3v) is 3.90. The first-order valence-corrected chi connectivity index (χ1v) is 11.5. The summed E-state index contributed by atoms with van der Waals surface area (Å²) < 4.78 is 23.1. The number of nitro benzene ring substituents is 2. The van der Waals surface area contributed by atoms with Gasteiger partial charge in [0.05, 0.1) is 9.85 Å². The van der Waals surface area contributed by atoms with Crippen LogP contribution in [0.4, 0.5) is 11.4 Å². The molecule has 0 aliphatic rings. The third kappa shape index (κ3) is 22.2. The predicted octanol–water partition coefficient (Wildman–Crippen LogP) is 0.382. The van der Waals surface area contributed by atoms with E-state index in [-0.39, 0.29) is 47.0 Å². The monoisotopic (exact) mass is 620 g/mol. The number of benzene rings is 2. The molecule has 240 valence electrons. The number of nitrogens with zero attached hydrogens (tertiary/aromatic N) is 2. The molecule has 2 aromatic carbocycles. The quantitative estimate of drug-likeness (QED) is 0.132. The fraction of sp³-hybridized carbons (Fsp3) is 0.333. The van der Waals surface area contributed by atoms with Crippen LogP contribution < -0.4 is 4.74 Å². The summed E-state index contributed by atoms with van der Waals surface area (Å²) in [6.45, 7) is 2.63. The van der Waals surface area contributed by atoms with Gasteiger partial charge in [-0.2, -0.15) is 0 Å². The highest BCUT2D eigenvalue weighted by Gasteiger charge is 2.11. The summed E-state index contributed by atoms with van der Waals surface area (Å²) in [5.74, 6) is -3.13. The maximum absolute atomic E-state index is 11.3. The first-order chi connectivity index (χ1) is 19.4. The van der Waals surface area contributed by atoms with Crippen LogP contribution in [-0.2, 0) is 38.1 Å². The summed E-state index contributed by atoms with van der Waals surface area (Å²) in [7, 11) is 0. The Labute approximate surface area is 243 Å². The predicted molar refractivity (Wildman–Crippen MR) is 143 cm³/mol. The number of ether oxygens (including phenoxy) is 5. The number of esters is 3. The fourth-order valence-electron chi connectivity index (χ4n) is 2.11. The van der Waals surface area contributed by atoms with Crippen molar-refractivity contribution in [3.05, 3.63) is 68.8 Å². The fourth-order valence-corrected chi connectivity index (χ4v) is 2.11. The van der Waals surface area contributed by atoms with E-state index in [0.29, 0.717) is 13.2 Å². The van der Waals surface area contributed by atoms with E-state index in [1.807, 2.05) is 0 Å². The van der Waals surface area contributed by atoms with Crippen molar-refractivity contribution in [2.75, 3.05) is 39.6 Å². The molecule has 0 bridgehead atoms. The van der Waals surface area contributed by atoms with Crippen LogP contribution in [0.3, 0.4) is 0 Å². The summed E-state index contributed by atoms with van der Waals surface area (Å²) in [5, 5.41) is 37.2. The van der Waals surface area contributed by atoms with Crippen LogP contribution in [0.15, 0.2) is 48.5 Å². The molecule has 0 atom stereocenters. The van der Waals surface area contributed by atoms with E-state index in [2.05, 4.69) is 14.2 Å². The molecular weight excluding hydrogens is 588 g/mol. The Hall–Kier alpha value is -5.24. The van der Waals surface area contributed by atoms with Crippen molar-refractivity contribution < 1.29 is 73.9 Å². The van der Waals surface area contributed by atoms with Gasteiger partial charge in [0.1, 0.15) is 24.7 Å². The molecule has 0 fully saturated rings. The van der Waals surface area contributed by atoms with Crippen molar-refractivity contribution in [3.63, 3.8) is 0 Å². The van der Waals surface area contributed by atoms with Gasteiger partial charge in [-0.1, -0.05) is 0 Å². The smallest absolute Gasteiger partial charge is 0.349 e. The molecule has 0 spiro atoms. The molecule has 0 aliphatic heterocycles. The van der Waals surface area contributed by atoms with Gasteiger partial charge in [0.25, 0.3) is 11.4 Å². The number of aromatic hydroxyl groups is 1. The van der Waals surface area contributed by atoms with Crippen LogP contribution in [0.5, 0.6) is 11.5 Å². The zero-order valence-corrected chi connectivity index (χ0v) is 23.0. The lowest BCUT2D eigenvalue weighted by atomic mass is 10.3. The SMILES string of the molecule is CCOCC(=O)OCC(=O)O.CCOCC(=O)OCC(=O)Oc1ccc([N+](=O)[O-])cc1.O.O.O=[N+]([O-])c1ccc(O)cc1. The van der Waals surface area contributed by atoms with Gasteiger partial charge in [0.15, 0.2) is 13.2 Å². The molecule has 2 aromatic rings. The molecule has 19 heteroatoms. The van der Waals surface area contributed by atoms with E-state index in [1.54, 1.807) is 13.8 Å². The molecule has 19 nitrogen and oxygen atoms in total. The van der Waals surface area contributed by atoms with Gasteiger partial charge in [-0.25, -0.2) is 19.2 Å². The average Bonchev–Trinajstić information content (AvgIpc) is 2.94. The molecule has 43 heavy (non-hydrogen) atoms. The van der Waals surface area contributed by atoms with Gasteiger partial charge < -0.3 is 44.8 Å². The zero-order valence-electron chi connectivity index (χ0n) is 23.0. The van der Waals surface area contributed by atoms with Crippen LogP contribution in [-0.4, -0.2) is 94.5 Å². The number of nitro groups is 2. The summed E-state index contributed by atoms with van der Waals surface area (Å²) in [5.41, 5.74) is -0.134. The number of hydrogen-bond donors (Lipinski definition) is 2. The summed E-state index contributed by atoms with van der Waals surface area (Å²) >= 11 is 0. The van der Waals surface area contributed by atoms with Crippen LogP contribution in [0, 0.1) is 20.2 Å². The highest BCUT2D eigenvalue weighted by atomic mass is 16.6. The number of carbonyl (C=O) groups is 4. The molecule has 6 N–H and O–H groups in total. The van der Waals surface area contributed by atoms with Crippen LogP contribution >= 0.6 is 0 Å². The first-order valence-electron chi connectivity index (χ1n) is 11.5. The van der Waals surface area contributed by atoms with Crippen molar-refractivity contribution in [2.45, 2.75) is 13.8 Å².